The van der Waals surface area contributed by atoms with E-state index in [4.69, 9.17) is 0 Å². The van der Waals surface area contributed by atoms with Crippen molar-refractivity contribution < 1.29 is 4.39 Å². The number of rotatable bonds is 0. The van der Waals surface area contributed by atoms with Crippen molar-refractivity contribution in [2.75, 3.05) is 11.1 Å². The molecule has 0 spiro atoms. The number of para-hydroxylation sites is 1. The van der Waals surface area contributed by atoms with E-state index in [0.717, 1.165) is 10.6 Å². The fourth-order valence-corrected chi connectivity index (χ4v) is 3.03. The summed E-state index contributed by atoms with van der Waals surface area (Å²) in [4.78, 5) is 1.02. The van der Waals surface area contributed by atoms with E-state index >= 15 is 0 Å². The highest BCUT2D eigenvalue weighted by atomic mass is 32.2. The van der Waals surface area contributed by atoms with Crippen LogP contribution in [0.2, 0.25) is 0 Å². The second kappa shape index (κ2) is 3.71. The Morgan fingerprint density at radius 3 is 2.80 bits per heavy atom. The number of hydrogen-bond donors (Lipinski definition) is 1. The van der Waals surface area contributed by atoms with Gasteiger partial charge in [-0.15, -0.1) is 11.8 Å². The average molecular weight is 225 g/mol. The van der Waals surface area contributed by atoms with Crippen LogP contribution in [-0.2, 0) is 0 Å². The Morgan fingerprint density at radius 2 is 2.13 bits per heavy atom. The molecule has 1 aromatic rings. The smallest absolute Gasteiger partial charge is 0.147 e. The van der Waals surface area contributed by atoms with Crippen LogP contribution in [0.5, 0.6) is 0 Å². The molecule has 2 rings (SSSR count). The quantitative estimate of drug-likeness (QED) is 0.721. The first-order valence-electron chi connectivity index (χ1n) is 5.16. The van der Waals surface area contributed by atoms with Gasteiger partial charge in [0, 0.05) is 16.7 Å². The Labute approximate surface area is 94.5 Å². The van der Waals surface area contributed by atoms with Crippen molar-refractivity contribution in [3.63, 3.8) is 0 Å². The van der Waals surface area contributed by atoms with Gasteiger partial charge < -0.3 is 5.32 Å². The second-order valence-corrected chi connectivity index (χ2v) is 6.05. The van der Waals surface area contributed by atoms with Gasteiger partial charge in [0.05, 0.1) is 5.69 Å². The molecule has 1 N–H and O–H groups in total. The van der Waals surface area contributed by atoms with Crippen molar-refractivity contribution in [1.29, 1.82) is 0 Å². The highest BCUT2D eigenvalue weighted by Crippen LogP contribution is 2.39. The van der Waals surface area contributed by atoms with Crippen molar-refractivity contribution in [3.8, 4) is 0 Å². The largest absolute Gasteiger partial charge is 0.378 e. The van der Waals surface area contributed by atoms with Crippen molar-refractivity contribution >= 4 is 17.4 Å². The molecule has 0 amide bonds. The minimum Gasteiger partial charge on any atom is -0.378 e. The summed E-state index contributed by atoms with van der Waals surface area (Å²) in [5, 5.41) is 3.31. The molecule has 0 bridgehead atoms. The maximum Gasteiger partial charge on any atom is 0.147 e. The van der Waals surface area contributed by atoms with Crippen LogP contribution in [0.15, 0.2) is 23.1 Å². The van der Waals surface area contributed by atoms with Gasteiger partial charge in [0.2, 0.25) is 0 Å². The third-order valence-electron chi connectivity index (χ3n) is 2.74. The Morgan fingerprint density at radius 1 is 1.40 bits per heavy atom. The van der Waals surface area contributed by atoms with Crippen molar-refractivity contribution in [1.82, 2.24) is 0 Å². The number of hydrogen-bond acceptors (Lipinski definition) is 2. The molecule has 0 saturated heterocycles. The van der Waals surface area contributed by atoms with Crippen LogP contribution in [-0.4, -0.2) is 11.8 Å². The van der Waals surface area contributed by atoms with E-state index in [-0.39, 0.29) is 11.2 Å². The molecule has 1 atom stereocenters. The van der Waals surface area contributed by atoms with Gasteiger partial charge in [-0.25, -0.2) is 4.39 Å². The molecular weight excluding hydrogens is 209 g/mol. The maximum atomic E-state index is 13.6. The van der Waals surface area contributed by atoms with Gasteiger partial charge in [-0.1, -0.05) is 26.8 Å². The van der Waals surface area contributed by atoms with E-state index in [2.05, 4.69) is 26.1 Å². The number of halogens is 1. The molecule has 0 fully saturated rings. The lowest BCUT2D eigenvalue weighted by Gasteiger charge is -2.36. The van der Waals surface area contributed by atoms with Gasteiger partial charge >= 0.3 is 0 Å². The zero-order chi connectivity index (χ0) is 11.1. The van der Waals surface area contributed by atoms with E-state index in [9.17, 15) is 4.39 Å². The monoisotopic (exact) mass is 225 g/mol. The zero-order valence-electron chi connectivity index (χ0n) is 9.30. The lowest BCUT2D eigenvalue weighted by molar-refractivity contribution is 0.360. The van der Waals surface area contributed by atoms with Gasteiger partial charge in [0.25, 0.3) is 0 Å². The molecule has 82 valence electrons. The molecule has 15 heavy (non-hydrogen) atoms. The molecule has 1 heterocycles. The van der Waals surface area contributed by atoms with Crippen LogP contribution in [0.1, 0.15) is 20.8 Å². The van der Waals surface area contributed by atoms with Crippen LogP contribution in [0, 0.1) is 11.2 Å². The van der Waals surface area contributed by atoms with Crippen molar-refractivity contribution in [2.24, 2.45) is 5.41 Å². The Hall–Kier alpha value is -0.700. The lowest BCUT2D eigenvalue weighted by Crippen LogP contribution is -2.38. The Kier molecular flexibility index (Phi) is 2.67. The number of nitrogens with one attached hydrogen (secondary N) is 1. The number of fused-ring (bicyclic) bond motifs is 1. The van der Waals surface area contributed by atoms with Crippen LogP contribution >= 0.6 is 11.8 Å². The van der Waals surface area contributed by atoms with Gasteiger partial charge in [-0.05, 0) is 17.5 Å². The summed E-state index contributed by atoms with van der Waals surface area (Å²) in [6.07, 6.45) is 0. The first kappa shape index (κ1) is 10.8. The van der Waals surface area contributed by atoms with Crippen molar-refractivity contribution in [2.45, 2.75) is 31.7 Å². The van der Waals surface area contributed by atoms with E-state index in [1.54, 1.807) is 17.8 Å². The van der Waals surface area contributed by atoms with Crippen LogP contribution in [0.25, 0.3) is 0 Å². The molecule has 0 saturated carbocycles. The molecule has 3 heteroatoms. The van der Waals surface area contributed by atoms with Crippen LogP contribution in [0.3, 0.4) is 0 Å². The molecule has 1 aliphatic rings. The van der Waals surface area contributed by atoms with Gasteiger partial charge in [0.1, 0.15) is 5.82 Å². The molecule has 1 aromatic carbocycles. The van der Waals surface area contributed by atoms with Gasteiger partial charge in [-0.2, -0.15) is 0 Å². The molecule has 0 aromatic heterocycles. The minimum atomic E-state index is -0.144. The number of thioether (sulfide) groups is 1. The normalized spacial score (nSPS) is 20.7. The summed E-state index contributed by atoms with van der Waals surface area (Å²) in [6, 6.07) is 5.57. The van der Waals surface area contributed by atoms with Crippen molar-refractivity contribution in [3.05, 3.63) is 24.0 Å². The lowest BCUT2D eigenvalue weighted by atomic mass is 9.87. The fourth-order valence-electron chi connectivity index (χ4n) is 1.62. The second-order valence-electron chi connectivity index (χ2n) is 4.99. The average Bonchev–Trinajstić information content (AvgIpc) is 2.16. The van der Waals surface area contributed by atoms with Crippen LogP contribution < -0.4 is 5.32 Å². The molecule has 1 unspecified atom stereocenters. The topological polar surface area (TPSA) is 12.0 Å². The molecule has 1 aliphatic heterocycles. The summed E-state index contributed by atoms with van der Waals surface area (Å²) in [5.41, 5.74) is 0.834. The van der Waals surface area contributed by atoms with Crippen LogP contribution in [0.4, 0.5) is 10.1 Å². The summed E-state index contributed by atoms with van der Waals surface area (Å²) in [7, 11) is 0. The molecule has 1 nitrogen and oxygen atoms in total. The third kappa shape index (κ3) is 2.12. The standard InChI is InChI=1S/C12H16FNS/c1-12(2,3)10-7-15-9-6-4-5-8(13)11(9)14-10/h4-6,10,14H,7H2,1-3H3. The predicted molar refractivity (Wildman–Crippen MR) is 64.0 cm³/mol. The Bertz CT molecular complexity index is 370. The van der Waals surface area contributed by atoms with Gasteiger partial charge in [-0.3, -0.25) is 0 Å². The number of anilines is 1. The van der Waals surface area contributed by atoms with E-state index in [1.165, 1.54) is 6.07 Å². The van der Waals surface area contributed by atoms with Gasteiger partial charge in [0.15, 0.2) is 0 Å². The Balaban J connectivity index is 2.30. The van der Waals surface area contributed by atoms with E-state index in [0.29, 0.717) is 11.7 Å². The summed E-state index contributed by atoms with van der Waals surface area (Å²) in [6.45, 7) is 6.53. The fraction of sp³-hybridized carbons (Fsp3) is 0.500. The summed E-state index contributed by atoms with van der Waals surface area (Å²) < 4.78 is 13.6. The molecular formula is C12H16FNS. The van der Waals surface area contributed by atoms with E-state index in [1.807, 2.05) is 6.07 Å². The first-order chi connectivity index (χ1) is 6.98. The molecule has 0 aliphatic carbocycles. The zero-order valence-corrected chi connectivity index (χ0v) is 10.1. The van der Waals surface area contributed by atoms with E-state index < -0.39 is 0 Å². The minimum absolute atomic E-state index is 0.144. The molecule has 0 radical (unpaired) electrons. The first-order valence-corrected chi connectivity index (χ1v) is 6.15. The summed E-state index contributed by atoms with van der Waals surface area (Å²) in [5.74, 6) is 0.855. The summed E-state index contributed by atoms with van der Waals surface area (Å²) >= 11 is 1.74. The SMILES string of the molecule is CC(C)(C)C1CSc2cccc(F)c2N1. The third-order valence-corrected chi connectivity index (χ3v) is 3.90. The predicted octanol–water partition coefficient (Wildman–Crippen LogP) is 3.76. The highest BCUT2D eigenvalue weighted by molar-refractivity contribution is 7.99. The number of benzene rings is 1. The maximum absolute atomic E-state index is 13.6. The highest BCUT2D eigenvalue weighted by Gasteiger charge is 2.29.